The van der Waals surface area contributed by atoms with Crippen LogP contribution in [0, 0.1) is 16.0 Å². The SMILES string of the molecule is CC(C)[C@H](NC(=O)CCCCCNC(=O)COCCOCC(Nc1ccc(COC(=O)Oc2ccc([N+](=O)[O-])cc2)cc1)N1C(=O)C=CC1=O)C(=O)N[C@@H](C)CCCNC(N)=O. The van der Waals surface area contributed by atoms with Gasteiger partial charge in [-0.1, -0.05) is 32.4 Å². The summed E-state index contributed by atoms with van der Waals surface area (Å²) in [5, 5.41) is 24.9. The minimum atomic E-state index is -1.01. The fraction of sp³-hybridized carbons (Fsp3) is 0.488. The quantitative estimate of drug-likeness (QED) is 0.0179. The Morgan fingerprint density at radius 2 is 1.47 bits per heavy atom. The second-order valence-electron chi connectivity index (χ2n) is 14.5. The summed E-state index contributed by atoms with van der Waals surface area (Å²) in [4.78, 5) is 96.6. The number of carbonyl (C=O) groups is 7. The van der Waals surface area contributed by atoms with Crippen molar-refractivity contribution in [1.82, 2.24) is 26.2 Å². The maximum absolute atomic E-state index is 12.8. The Balaban J connectivity index is 1.29. The molecule has 0 saturated carbocycles. The van der Waals surface area contributed by atoms with E-state index < -0.39 is 41.1 Å². The number of urea groups is 1. The highest BCUT2D eigenvalue weighted by molar-refractivity contribution is 6.13. The van der Waals surface area contributed by atoms with Crippen LogP contribution in [0.1, 0.15) is 64.9 Å². The first-order valence-corrected chi connectivity index (χ1v) is 20.2. The van der Waals surface area contributed by atoms with E-state index in [9.17, 15) is 43.7 Å². The summed E-state index contributed by atoms with van der Waals surface area (Å²) in [6.07, 6.45) is 3.78. The van der Waals surface area contributed by atoms with E-state index in [4.69, 9.17) is 24.7 Å². The summed E-state index contributed by atoms with van der Waals surface area (Å²) in [6, 6.07) is 10.1. The van der Waals surface area contributed by atoms with Crippen molar-refractivity contribution in [2.75, 3.05) is 44.8 Å². The molecule has 0 aromatic heterocycles. The molecule has 3 atom stereocenters. The number of hydrogen-bond donors (Lipinski definition) is 6. The number of unbranched alkanes of at least 4 members (excludes halogenated alkanes) is 2. The Hall–Kier alpha value is -6.61. The van der Waals surface area contributed by atoms with E-state index in [-0.39, 0.29) is 80.6 Å². The van der Waals surface area contributed by atoms with Crippen molar-refractivity contribution in [3.63, 3.8) is 0 Å². The van der Waals surface area contributed by atoms with Gasteiger partial charge >= 0.3 is 12.2 Å². The predicted molar refractivity (Wildman–Crippen MR) is 223 cm³/mol. The van der Waals surface area contributed by atoms with Crippen molar-refractivity contribution in [2.24, 2.45) is 11.7 Å². The van der Waals surface area contributed by atoms with Gasteiger partial charge in [0.2, 0.25) is 17.7 Å². The molecule has 21 heteroatoms. The second kappa shape index (κ2) is 26.6. The number of hydrogen-bond acceptors (Lipinski definition) is 14. The van der Waals surface area contributed by atoms with Crippen molar-refractivity contribution >= 4 is 53.1 Å². The number of carbonyl (C=O) groups excluding carboxylic acids is 7. The number of nitrogens with zero attached hydrogens (tertiary/aromatic N) is 2. The Kier molecular flexibility index (Phi) is 21.3. The summed E-state index contributed by atoms with van der Waals surface area (Å²) in [6.45, 7) is 5.99. The molecular formula is C41H56N8O13. The molecular weight excluding hydrogens is 812 g/mol. The number of anilines is 1. The number of imide groups is 1. The van der Waals surface area contributed by atoms with Crippen molar-refractivity contribution in [1.29, 1.82) is 0 Å². The third-order valence-electron chi connectivity index (χ3n) is 9.10. The predicted octanol–water partition coefficient (Wildman–Crippen LogP) is 2.78. The molecule has 0 fully saturated rings. The van der Waals surface area contributed by atoms with Gasteiger partial charge in [0.15, 0.2) is 0 Å². The summed E-state index contributed by atoms with van der Waals surface area (Å²) >= 11 is 0. The van der Waals surface area contributed by atoms with E-state index in [1.54, 1.807) is 24.3 Å². The number of nitrogens with one attached hydrogen (secondary N) is 5. The summed E-state index contributed by atoms with van der Waals surface area (Å²) in [7, 11) is 0. The maximum Gasteiger partial charge on any atom is 0.514 e. The van der Waals surface area contributed by atoms with Crippen LogP contribution in [0.25, 0.3) is 0 Å². The topological polar surface area (TPSA) is 289 Å². The molecule has 1 aliphatic heterocycles. The normalized spacial score (nSPS) is 13.5. The van der Waals surface area contributed by atoms with E-state index >= 15 is 0 Å². The van der Waals surface area contributed by atoms with Crippen molar-refractivity contribution < 1.29 is 57.4 Å². The van der Waals surface area contributed by atoms with Crippen LogP contribution in [-0.2, 0) is 44.8 Å². The molecule has 1 aliphatic rings. The zero-order valence-electron chi connectivity index (χ0n) is 35.1. The molecule has 2 aromatic carbocycles. The van der Waals surface area contributed by atoms with E-state index in [1.807, 2.05) is 20.8 Å². The number of ether oxygens (including phenoxy) is 4. The molecule has 0 aliphatic carbocycles. The molecule has 7 N–H and O–H groups in total. The molecule has 7 amide bonds. The Morgan fingerprint density at radius 3 is 2.11 bits per heavy atom. The van der Waals surface area contributed by atoms with Crippen molar-refractivity contribution in [3.05, 3.63) is 76.4 Å². The van der Waals surface area contributed by atoms with Gasteiger partial charge in [0.1, 0.15) is 31.2 Å². The van der Waals surface area contributed by atoms with Gasteiger partial charge in [-0.05, 0) is 68.4 Å². The van der Waals surface area contributed by atoms with Crippen LogP contribution in [-0.4, -0.2) is 109 Å². The molecule has 0 spiro atoms. The minimum Gasteiger partial charge on any atom is -0.429 e. The number of benzene rings is 2. The van der Waals surface area contributed by atoms with Crippen LogP contribution >= 0.6 is 0 Å². The molecule has 21 nitrogen and oxygen atoms in total. The minimum absolute atomic E-state index is 0.0535. The molecule has 0 radical (unpaired) electrons. The first-order valence-electron chi connectivity index (χ1n) is 20.2. The molecule has 3 rings (SSSR count). The third-order valence-corrected chi connectivity index (χ3v) is 9.10. The monoisotopic (exact) mass is 868 g/mol. The summed E-state index contributed by atoms with van der Waals surface area (Å²) < 4.78 is 21.2. The molecule has 1 heterocycles. The Labute approximate surface area is 358 Å². The molecule has 2 aromatic rings. The van der Waals surface area contributed by atoms with Gasteiger partial charge in [0.25, 0.3) is 17.5 Å². The van der Waals surface area contributed by atoms with Gasteiger partial charge in [0, 0.05) is 55.5 Å². The van der Waals surface area contributed by atoms with E-state index in [2.05, 4.69) is 26.6 Å². The average molecular weight is 869 g/mol. The lowest BCUT2D eigenvalue weighted by Gasteiger charge is -2.28. The lowest BCUT2D eigenvalue weighted by molar-refractivity contribution is -0.384. The molecule has 338 valence electrons. The summed E-state index contributed by atoms with van der Waals surface area (Å²) in [5.74, 6) is -1.95. The van der Waals surface area contributed by atoms with Crippen LogP contribution in [0.5, 0.6) is 5.75 Å². The third kappa shape index (κ3) is 18.8. The number of amides is 7. The zero-order chi connectivity index (χ0) is 45.4. The van der Waals surface area contributed by atoms with Crippen LogP contribution in [0.2, 0.25) is 0 Å². The van der Waals surface area contributed by atoms with Crippen molar-refractivity contribution in [2.45, 2.75) is 84.2 Å². The second-order valence-corrected chi connectivity index (χ2v) is 14.5. The number of nitrogens with two attached hydrogens (primary N) is 1. The van der Waals surface area contributed by atoms with Crippen LogP contribution in [0.15, 0.2) is 60.7 Å². The van der Waals surface area contributed by atoms with Crippen LogP contribution in [0.3, 0.4) is 0 Å². The fourth-order valence-electron chi connectivity index (χ4n) is 5.84. The largest absolute Gasteiger partial charge is 0.514 e. The van der Waals surface area contributed by atoms with Gasteiger partial charge in [-0.15, -0.1) is 0 Å². The molecule has 1 unspecified atom stereocenters. The highest BCUT2D eigenvalue weighted by Crippen LogP contribution is 2.19. The first kappa shape index (κ1) is 49.8. The average Bonchev–Trinajstić information content (AvgIpc) is 3.56. The van der Waals surface area contributed by atoms with Gasteiger partial charge in [-0.25, -0.2) is 9.59 Å². The molecule has 0 bridgehead atoms. The summed E-state index contributed by atoms with van der Waals surface area (Å²) in [5.41, 5.74) is 6.02. The van der Waals surface area contributed by atoms with Crippen molar-refractivity contribution in [3.8, 4) is 5.75 Å². The van der Waals surface area contributed by atoms with Gasteiger partial charge < -0.3 is 51.3 Å². The number of nitro benzene ring substituents is 1. The maximum atomic E-state index is 12.8. The number of primary amides is 1. The zero-order valence-corrected chi connectivity index (χ0v) is 35.1. The first-order chi connectivity index (χ1) is 29.6. The Morgan fingerprint density at radius 1 is 0.806 bits per heavy atom. The lowest BCUT2D eigenvalue weighted by atomic mass is 10.0. The van der Waals surface area contributed by atoms with Gasteiger partial charge in [-0.2, -0.15) is 0 Å². The van der Waals surface area contributed by atoms with Gasteiger partial charge in [0.05, 0.1) is 24.7 Å². The standard InChI is InChI=1S/C41H56N8O13/c1-27(2)38(39(54)45-28(3)8-7-21-44-40(42)55)47-34(50)9-5-4-6-20-43-35(51)26-60-23-22-59-25-33(48-36(52)18-19-37(48)53)46-30-12-10-29(11-13-30)24-61-41(56)62-32-16-14-31(15-17-32)49(57)58/h10-19,27-28,33,38,46H,4-9,20-26H2,1-3H3,(H,43,51)(H,45,54)(H,47,50)(H3,42,44,55)/t28-,33?,38-/m0/s1. The van der Waals surface area contributed by atoms with Crippen LogP contribution < -0.4 is 37.1 Å². The Bertz CT molecular complexity index is 1840. The fourth-order valence-corrected chi connectivity index (χ4v) is 5.84. The van der Waals surface area contributed by atoms with Crippen LogP contribution in [0.4, 0.5) is 21.0 Å². The van der Waals surface area contributed by atoms with E-state index in [1.165, 1.54) is 24.3 Å². The van der Waals surface area contributed by atoms with E-state index in [0.29, 0.717) is 56.4 Å². The highest BCUT2D eigenvalue weighted by Gasteiger charge is 2.31. The molecule has 0 saturated heterocycles. The van der Waals surface area contributed by atoms with E-state index in [0.717, 1.165) is 17.1 Å². The molecule has 62 heavy (non-hydrogen) atoms. The highest BCUT2D eigenvalue weighted by atomic mass is 16.7. The lowest BCUT2D eigenvalue weighted by Crippen LogP contribution is -2.51. The smallest absolute Gasteiger partial charge is 0.429 e. The number of non-ortho nitro benzene ring substituents is 1. The number of rotatable bonds is 28. The van der Waals surface area contributed by atoms with Gasteiger partial charge in [-0.3, -0.25) is 39.0 Å². The number of nitro groups is 1.